The van der Waals surface area contributed by atoms with E-state index in [-0.39, 0.29) is 43.3 Å². The Morgan fingerprint density at radius 1 is 1.14 bits per heavy atom. The van der Waals surface area contributed by atoms with E-state index in [4.69, 9.17) is 9.72 Å². The molecule has 8 nitrogen and oxygen atoms in total. The van der Waals surface area contributed by atoms with Crippen molar-refractivity contribution in [3.63, 3.8) is 0 Å². The maximum Gasteiger partial charge on any atom is 0.416 e. The van der Waals surface area contributed by atoms with E-state index in [2.05, 4.69) is 5.32 Å². The topological polar surface area (TPSA) is 96.7 Å². The van der Waals surface area contributed by atoms with Gasteiger partial charge in [0.25, 0.3) is 5.56 Å². The number of alkyl halides is 3. The summed E-state index contributed by atoms with van der Waals surface area (Å²) in [5, 5.41) is 13.9. The molecule has 42 heavy (non-hydrogen) atoms. The van der Waals surface area contributed by atoms with Crippen LogP contribution in [0.4, 0.5) is 13.2 Å². The number of carbonyl (C=O) groups is 1. The summed E-state index contributed by atoms with van der Waals surface area (Å²) in [7, 11) is 0. The lowest BCUT2D eigenvalue weighted by Crippen LogP contribution is -2.42. The molecule has 2 N–H and O–H groups in total. The van der Waals surface area contributed by atoms with E-state index in [1.165, 1.54) is 18.6 Å². The van der Waals surface area contributed by atoms with Crippen LogP contribution >= 0.6 is 11.8 Å². The van der Waals surface area contributed by atoms with Crippen molar-refractivity contribution in [3.8, 4) is 11.4 Å². The SMILES string of the molecule is O=C(CCNC[C@@H](CO)Oc1ccc(C(F)(F)F)cc1)N1CCc2nc(SC3CCC3)n(-c3ccccc3)c(=O)c2C1. The van der Waals surface area contributed by atoms with Gasteiger partial charge < -0.3 is 20.1 Å². The number of nitrogens with one attached hydrogen (secondary N) is 1. The number of fused-ring (bicyclic) bond motifs is 1. The molecule has 1 aliphatic heterocycles. The summed E-state index contributed by atoms with van der Waals surface area (Å²) in [5.41, 5.74) is 1.12. The summed E-state index contributed by atoms with van der Waals surface area (Å²) < 4.78 is 45.5. The highest BCUT2D eigenvalue weighted by Gasteiger charge is 2.31. The summed E-state index contributed by atoms with van der Waals surface area (Å²) in [4.78, 5) is 33.3. The van der Waals surface area contributed by atoms with Crippen molar-refractivity contribution in [2.75, 3.05) is 26.2 Å². The van der Waals surface area contributed by atoms with Gasteiger partial charge in [0, 0.05) is 37.7 Å². The molecule has 1 aliphatic carbocycles. The van der Waals surface area contributed by atoms with Gasteiger partial charge in [0.15, 0.2) is 5.16 Å². The molecule has 224 valence electrons. The number of nitrogens with zero attached hydrogens (tertiary/aromatic N) is 3. The number of carbonyl (C=O) groups excluding carboxylic acids is 1. The number of thioether (sulfide) groups is 1. The van der Waals surface area contributed by atoms with Crippen LogP contribution in [0.25, 0.3) is 5.69 Å². The predicted octanol–water partition coefficient (Wildman–Crippen LogP) is 4.20. The van der Waals surface area contributed by atoms with Crippen LogP contribution < -0.4 is 15.6 Å². The van der Waals surface area contributed by atoms with Crippen molar-refractivity contribution in [2.45, 2.75) is 61.3 Å². The molecule has 1 atom stereocenters. The molecule has 2 aliphatic rings. The number of aromatic nitrogens is 2. The Bertz CT molecular complexity index is 1430. The lowest BCUT2D eigenvalue weighted by atomic mass is 10.0. The number of aliphatic hydroxyl groups excluding tert-OH is 1. The van der Waals surface area contributed by atoms with Crippen LogP contribution in [-0.2, 0) is 23.9 Å². The van der Waals surface area contributed by atoms with E-state index >= 15 is 0 Å². The minimum atomic E-state index is -4.44. The van der Waals surface area contributed by atoms with Crippen LogP contribution in [0.15, 0.2) is 64.5 Å². The average Bonchev–Trinajstić information content (AvgIpc) is 2.96. The summed E-state index contributed by atoms with van der Waals surface area (Å²) in [6.45, 7) is 0.806. The Morgan fingerprint density at radius 2 is 1.88 bits per heavy atom. The number of hydrogen-bond donors (Lipinski definition) is 2. The van der Waals surface area contributed by atoms with E-state index < -0.39 is 17.8 Å². The molecule has 5 rings (SSSR count). The molecule has 2 aromatic carbocycles. The number of rotatable bonds is 11. The second kappa shape index (κ2) is 13.3. The first-order chi connectivity index (χ1) is 20.2. The lowest BCUT2D eigenvalue weighted by Gasteiger charge is -2.30. The van der Waals surface area contributed by atoms with Crippen molar-refractivity contribution < 1.29 is 27.8 Å². The third-order valence-corrected chi connectivity index (χ3v) is 8.76. The fourth-order valence-corrected chi connectivity index (χ4v) is 6.19. The molecular weight excluding hydrogens is 569 g/mol. The van der Waals surface area contributed by atoms with Gasteiger partial charge in [-0.3, -0.25) is 14.2 Å². The van der Waals surface area contributed by atoms with Crippen molar-refractivity contribution in [1.29, 1.82) is 0 Å². The van der Waals surface area contributed by atoms with E-state index in [0.717, 1.165) is 36.4 Å². The Labute approximate surface area is 245 Å². The van der Waals surface area contributed by atoms with Gasteiger partial charge >= 0.3 is 6.18 Å². The average molecular weight is 603 g/mol. The second-order valence-electron chi connectivity index (χ2n) is 10.4. The Balaban J connectivity index is 1.17. The van der Waals surface area contributed by atoms with Gasteiger partial charge in [-0.1, -0.05) is 36.4 Å². The van der Waals surface area contributed by atoms with E-state index in [9.17, 15) is 27.9 Å². The highest BCUT2D eigenvalue weighted by molar-refractivity contribution is 7.99. The Kier molecular flexibility index (Phi) is 9.54. The number of benzene rings is 2. The van der Waals surface area contributed by atoms with Crippen molar-refractivity contribution in [1.82, 2.24) is 19.8 Å². The van der Waals surface area contributed by atoms with E-state index in [0.29, 0.717) is 35.5 Å². The smallest absolute Gasteiger partial charge is 0.416 e. The quantitative estimate of drug-likeness (QED) is 0.251. The zero-order valence-corrected chi connectivity index (χ0v) is 23.8. The first kappa shape index (κ1) is 30.1. The van der Waals surface area contributed by atoms with Crippen LogP contribution in [0, 0.1) is 0 Å². The monoisotopic (exact) mass is 602 g/mol. The van der Waals surface area contributed by atoms with Gasteiger partial charge in [-0.25, -0.2) is 4.98 Å². The molecule has 0 radical (unpaired) electrons. The van der Waals surface area contributed by atoms with Gasteiger partial charge in [-0.2, -0.15) is 13.2 Å². The summed E-state index contributed by atoms with van der Waals surface area (Å²) >= 11 is 1.66. The van der Waals surface area contributed by atoms with Crippen molar-refractivity contribution in [2.24, 2.45) is 0 Å². The highest BCUT2D eigenvalue weighted by atomic mass is 32.2. The molecule has 1 aromatic heterocycles. The first-order valence-corrected chi connectivity index (χ1v) is 14.9. The maximum absolute atomic E-state index is 13.7. The van der Waals surface area contributed by atoms with Gasteiger partial charge in [0.2, 0.25) is 5.91 Å². The molecule has 1 saturated carbocycles. The molecule has 1 amide bonds. The molecule has 0 bridgehead atoms. The number of halogens is 3. The lowest BCUT2D eigenvalue weighted by molar-refractivity contribution is -0.137. The fourth-order valence-electron chi connectivity index (χ4n) is 4.86. The highest BCUT2D eigenvalue weighted by Crippen LogP contribution is 2.36. The van der Waals surface area contributed by atoms with Gasteiger partial charge in [-0.15, -0.1) is 0 Å². The summed E-state index contributed by atoms with van der Waals surface area (Å²) in [6, 6.07) is 13.7. The normalized spacial score (nSPS) is 16.0. The second-order valence-corrected chi connectivity index (χ2v) is 11.7. The third kappa shape index (κ3) is 7.16. The fraction of sp³-hybridized carbons (Fsp3) is 0.433. The molecule has 1 fully saturated rings. The molecule has 2 heterocycles. The van der Waals surface area contributed by atoms with Crippen LogP contribution in [0.5, 0.6) is 5.75 Å². The standard InChI is InChI=1S/C30H33F3N4O4S/c31-30(32,33)20-9-11-22(12-10-20)41-23(19-38)17-34-15-13-27(39)36-16-14-26-25(18-36)28(40)37(21-5-2-1-3-6-21)29(35-26)42-24-7-4-8-24/h1-3,5-6,9-12,23-24,34,38H,4,7-8,13-19H2/t23-/m0/s1. The molecule has 0 unspecified atom stereocenters. The maximum atomic E-state index is 13.7. The van der Waals surface area contributed by atoms with Crippen LogP contribution in [0.1, 0.15) is 42.5 Å². The predicted molar refractivity (Wildman–Crippen MR) is 153 cm³/mol. The number of para-hydroxylation sites is 1. The largest absolute Gasteiger partial charge is 0.487 e. The molecule has 12 heteroatoms. The van der Waals surface area contributed by atoms with Crippen LogP contribution in [0.3, 0.4) is 0 Å². The third-order valence-electron chi connectivity index (χ3n) is 7.47. The van der Waals surface area contributed by atoms with Crippen molar-refractivity contribution >= 4 is 17.7 Å². The first-order valence-electron chi connectivity index (χ1n) is 14.0. The molecule has 3 aromatic rings. The van der Waals surface area contributed by atoms with Gasteiger partial charge in [-0.05, 0) is 49.2 Å². The zero-order valence-electron chi connectivity index (χ0n) is 23.0. The van der Waals surface area contributed by atoms with E-state index in [1.54, 1.807) is 21.2 Å². The number of amides is 1. The number of hydrogen-bond acceptors (Lipinski definition) is 7. The number of ether oxygens (including phenoxy) is 1. The van der Waals surface area contributed by atoms with Crippen LogP contribution in [0.2, 0.25) is 0 Å². The Morgan fingerprint density at radius 3 is 2.52 bits per heavy atom. The zero-order chi connectivity index (χ0) is 29.7. The molecular formula is C30H33F3N4O4S. The van der Waals surface area contributed by atoms with Gasteiger partial charge in [0.1, 0.15) is 11.9 Å². The van der Waals surface area contributed by atoms with Crippen LogP contribution in [-0.4, -0.2) is 63.1 Å². The molecule has 0 saturated heterocycles. The van der Waals surface area contributed by atoms with Crippen molar-refractivity contribution in [3.05, 3.63) is 81.8 Å². The Hall–Kier alpha value is -3.35. The van der Waals surface area contributed by atoms with E-state index in [1.807, 2.05) is 30.3 Å². The minimum absolute atomic E-state index is 0.115. The number of aliphatic hydroxyl groups is 1. The minimum Gasteiger partial charge on any atom is -0.487 e. The molecule has 0 spiro atoms. The van der Waals surface area contributed by atoms with Gasteiger partial charge in [0.05, 0.1) is 35.7 Å². The summed E-state index contributed by atoms with van der Waals surface area (Å²) in [5.74, 6) is 0.0897. The summed E-state index contributed by atoms with van der Waals surface area (Å²) in [6.07, 6.45) is -1.04.